The number of nitrogens with zero attached hydrogens (tertiary/aromatic N) is 1. The number of rotatable bonds is 6. The van der Waals surface area contributed by atoms with Crippen molar-refractivity contribution in [2.24, 2.45) is 0 Å². The molecule has 0 radical (unpaired) electrons. The zero-order chi connectivity index (χ0) is 21.7. The van der Waals surface area contributed by atoms with Crippen LogP contribution in [0.2, 0.25) is 0 Å². The Labute approximate surface area is 180 Å². The van der Waals surface area contributed by atoms with E-state index in [9.17, 15) is 14.0 Å². The molecule has 1 amide bonds. The Morgan fingerprint density at radius 2 is 1.81 bits per heavy atom. The number of carbonyl (C=O) groups is 1. The van der Waals surface area contributed by atoms with Crippen molar-refractivity contribution in [3.8, 4) is 0 Å². The average Bonchev–Trinajstić information content (AvgIpc) is 2.80. The molecule has 2 aromatic carbocycles. The Morgan fingerprint density at radius 1 is 1.03 bits per heavy atom. The van der Waals surface area contributed by atoms with Crippen LogP contribution in [0.25, 0.3) is 0 Å². The Morgan fingerprint density at radius 3 is 2.55 bits per heavy atom. The number of aromatic nitrogens is 1. The molecule has 4 rings (SSSR count). The van der Waals surface area contributed by atoms with Crippen LogP contribution in [0.4, 0.5) is 4.39 Å². The molecule has 1 aliphatic rings. The highest BCUT2D eigenvalue weighted by Gasteiger charge is 2.35. The number of pyridine rings is 1. The third-order valence-corrected chi connectivity index (χ3v) is 5.93. The van der Waals surface area contributed by atoms with Crippen molar-refractivity contribution in [3.63, 3.8) is 0 Å². The van der Waals surface area contributed by atoms with Gasteiger partial charge < -0.3 is 14.6 Å². The van der Waals surface area contributed by atoms with Crippen molar-refractivity contribution < 1.29 is 13.9 Å². The van der Waals surface area contributed by atoms with Gasteiger partial charge in [0.05, 0.1) is 6.54 Å². The van der Waals surface area contributed by atoms with Gasteiger partial charge in [-0.2, -0.15) is 0 Å². The number of benzene rings is 2. The van der Waals surface area contributed by atoms with Gasteiger partial charge in [0, 0.05) is 31.4 Å². The molecule has 0 unspecified atom stereocenters. The number of hydrogen-bond acceptors (Lipinski definition) is 3. The van der Waals surface area contributed by atoms with Gasteiger partial charge in [0.25, 0.3) is 11.5 Å². The number of hydrogen-bond donors (Lipinski definition) is 1. The summed E-state index contributed by atoms with van der Waals surface area (Å²) >= 11 is 0. The first-order valence-electron chi connectivity index (χ1n) is 10.4. The SMILES string of the molecule is O=C(NCC1(c2cccc(F)c2)CCOCC1)c1cccn(Cc2ccccc2)c1=O. The molecule has 31 heavy (non-hydrogen) atoms. The van der Waals surface area contributed by atoms with E-state index >= 15 is 0 Å². The van der Waals surface area contributed by atoms with Crippen molar-refractivity contribution in [2.75, 3.05) is 19.8 Å². The van der Waals surface area contributed by atoms with Gasteiger partial charge in [-0.15, -0.1) is 0 Å². The number of carbonyl (C=O) groups excluding carboxylic acids is 1. The maximum Gasteiger partial charge on any atom is 0.263 e. The van der Waals surface area contributed by atoms with E-state index in [1.54, 1.807) is 18.3 Å². The Kier molecular flexibility index (Phi) is 6.28. The third-order valence-electron chi connectivity index (χ3n) is 5.93. The van der Waals surface area contributed by atoms with E-state index in [0.29, 0.717) is 39.1 Å². The molecule has 1 saturated heterocycles. The van der Waals surface area contributed by atoms with Crippen molar-refractivity contribution in [1.29, 1.82) is 0 Å². The third kappa shape index (κ3) is 4.75. The predicted octanol–water partition coefficient (Wildman–Crippen LogP) is 3.51. The summed E-state index contributed by atoms with van der Waals surface area (Å²) in [5.74, 6) is -0.726. The summed E-state index contributed by atoms with van der Waals surface area (Å²) in [7, 11) is 0. The van der Waals surface area contributed by atoms with Crippen LogP contribution in [0.3, 0.4) is 0 Å². The van der Waals surface area contributed by atoms with Crippen LogP contribution in [0.15, 0.2) is 77.7 Å². The standard InChI is InChI=1S/C25H25FN2O3/c26-21-9-4-8-20(16-21)25(11-14-31-15-12-25)18-27-23(29)22-10-5-13-28(24(22)30)17-19-6-2-1-3-7-19/h1-10,13,16H,11-12,14-15,17-18H2,(H,27,29). The largest absolute Gasteiger partial charge is 0.381 e. The zero-order valence-corrected chi connectivity index (χ0v) is 17.2. The van der Waals surface area contributed by atoms with Gasteiger partial charge in [-0.05, 0) is 48.2 Å². The second-order valence-electron chi connectivity index (χ2n) is 7.93. The van der Waals surface area contributed by atoms with Crippen molar-refractivity contribution in [1.82, 2.24) is 9.88 Å². The van der Waals surface area contributed by atoms with Gasteiger partial charge in [0.15, 0.2) is 0 Å². The molecule has 0 atom stereocenters. The van der Waals surface area contributed by atoms with Crippen LogP contribution in [0.5, 0.6) is 0 Å². The van der Waals surface area contributed by atoms with E-state index in [0.717, 1.165) is 11.1 Å². The minimum atomic E-state index is -0.423. The second kappa shape index (κ2) is 9.27. The topological polar surface area (TPSA) is 60.3 Å². The molecule has 6 heteroatoms. The minimum Gasteiger partial charge on any atom is -0.381 e. The maximum absolute atomic E-state index is 13.9. The number of amides is 1. The van der Waals surface area contributed by atoms with Crippen LogP contribution < -0.4 is 10.9 Å². The normalized spacial score (nSPS) is 15.4. The zero-order valence-electron chi connectivity index (χ0n) is 17.2. The van der Waals surface area contributed by atoms with E-state index in [1.165, 1.54) is 22.8 Å². The molecule has 0 bridgehead atoms. The molecule has 3 aromatic rings. The molecule has 1 aromatic heterocycles. The van der Waals surface area contributed by atoms with Gasteiger partial charge in [-0.25, -0.2) is 4.39 Å². The summed E-state index contributed by atoms with van der Waals surface area (Å²) < 4.78 is 20.9. The van der Waals surface area contributed by atoms with Crippen LogP contribution in [-0.4, -0.2) is 30.2 Å². The van der Waals surface area contributed by atoms with E-state index in [-0.39, 0.29) is 16.9 Å². The lowest BCUT2D eigenvalue weighted by Gasteiger charge is -2.38. The first-order chi connectivity index (χ1) is 15.1. The lowest BCUT2D eigenvalue weighted by molar-refractivity contribution is 0.0486. The van der Waals surface area contributed by atoms with Crippen LogP contribution in [0.1, 0.15) is 34.3 Å². The molecule has 1 N–H and O–H groups in total. The van der Waals surface area contributed by atoms with Crippen LogP contribution in [-0.2, 0) is 16.7 Å². The molecule has 5 nitrogen and oxygen atoms in total. The van der Waals surface area contributed by atoms with Crippen LogP contribution in [0, 0.1) is 5.82 Å². The number of halogens is 1. The minimum absolute atomic E-state index is 0.0971. The Hall–Kier alpha value is -3.25. The van der Waals surface area contributed by atoms with Crippen molar-refractivity contribution in [2.45, 2.75) is 24.8 Å². The van der Waals surface area contributed by atoms with Gasteiger partial charge >= 0.3 is 0 Å². The fourth-order valence-electron chi connectivity index (χ4n) is 4.11. The molecule has 1 fully saturated rings. The smallest absolute Gasteiger partial charge is 0.263 e. The summed E-state index contributed by atoms with van der Waals surface area (Å²) in [6.07, 6.45) is 3.02. The summed E-state index contributed by atoms with van der Waals surface area (Å²) in [5, 5.41) is 2.93. The summed E-state index contributed by atoms with van der Waals surface area (Å²) in [6.45, 7) is 1.79. The highest BCUT2D eigenvalue weighted by atomic mass is 19.1. The molecule has 0 spiro atoms. The fraction of sp³-hybridized carbons (Fsp3) is 0.280. The summed E-state index contributed by atoms with van der Waals surface area (Å²) in [6, 6.07) is 19.4. The first-order valence-corrected chi connectivity index (χ1v) is 10.4. The monoisotopic (exact) mass is 420 g/mol. The lowest BCUT2D eigenvalue weighted by Crippen LogP contribution is -2.45. The molecule has 160 valence electrons. The van der Waals surface area contributed by atoms with E-state index in [1.807, 2.05) is 36.4 Å². The second-order valence-corrected chi connectivity index (χ2v) is 7.93. The van der Waals surface area contributed by atoms with E-state index < -0.39 is 11.3 Å². The molecule has 0 saturated carbocycles. The molecule has 1 aliphatic heterocycles. The highest BCUT2D eigenvalue weighted by Crippen LogP contribution is 2.34. The maximum atomic E-state index is 13.9. The number of nitrogens with one attached hydrogen (secondary N) is 1. The lowest BCUT2D eigenvalue weighted by atomic mass is 9.74. The van der Waals surface area contributed by atoms with Gasteiger partial charge in [-0.1, -0.05) is 42.5 Å². The molecular weight excluding hydrogens is 395 g/mol. The quantitative estimate of drug-likeness (QED) is 0.664. The Balaban J connectivity index is 1.53. The van der Waals surface area contributed by atoms with Gasteiger partial charge in [0.2, 0.25) is 0 Å². The van der Waals surface area contributed by atoms with Crippen molar-refractivity contribution >= 4 is 5.91 Å². The molecule has 2 heterocycles. The summed E-state index contributed by atoms with van der Waals surface area (Å²) in [4.78, 5) is 25.8. The van der Waals surface area contributed by atoms with Gasteiger partial charge in [-0.3, -0.25) is 9.59 Å². The van der Waals surface area contributed by atoms with E-state index in [4.69, 9.17) is 4.74 Å². The van der Waals surface area contributed by atoms with Crippen LogP contribution >= 0.6 is 0 Å². The van der Waals surface area contributed by atoms with E-state index in [2.05, 4.69) is 5.32 Å². The molecule has 0 aliphatic carbocycles. The van der Waals surface area contributed by atoms with Gasteiger partial charge in [0.1, 0.15) is 11.4 Å². The first kappa shape index (κ1) is 21.0. The fourth-order valence-corrected chi connectivity index (χ4v) is 4.11. The Bertz CT molecular complexity index is 1110. The average molecular weight is 420 g/mol. The summed E-state index contributed by atoms with van der Waals surface area (Å²) in [5.41, 5.74) is 1.16. The highest BCUT2D eigenvalue weighted by molar-refractivity contribution is 5.93. The molecular formula is C25H25FN2O3. The number of ether oxygens (including phenoxy) is 1. The van der Waals surface area contributed by atoms with Crippen molar-refractivity contribution in [3.05, 3.63) is 106 Å². The predicted molar refractivity (Wildman–Crippen MR) is 117 cm³/mol.